The first-order valence-corrected chi connectivity index (χ1v) is 10.5. The molecule has 1 saturated heterocycles. The van der Waals surface area contributed by atoms with Crippen LogP contribution in [0, 0.1) is 0 Å². The zero-order valence-electron chi connectivity index (χ0n) is 15.5. The van der Waals surface area contributed by atoms with Crippen molar-refractivity contribution in [1.29, 1.82) is 0 Å². The normalized spacial score (nSPS) is 18.9. The molecule has 0 bridgehead atoms. The van der Waals surface area contributed by atoms with Crippen molar-refractivity contribution >= 4 is 40.5 Å². The number of aliphatic hydroxyl groups excluding tert-OH is 1. The van der Waals surface area contributed by atoms with Crippen LogP contribution in [0.1, 0.15) is 29.9 Å². The average molecular weight is 447 g/mol. The molecule has 0 radical (unpaired) electrons. The molecule has 5 nitrogen and oxygen atoms in total. The van der Waals surface area contributed by atoms with Crippen molar-refractivity contribution in [3.8, 4) is 5.69 Å². The van der Waals surface area contributed by atoms with Gasteiger partial charge in [0.25, 0.3) is 0 Å². The molecular formula is C21H20Cl2N4OS. The summed E-state index contributed by atoms with van der Waals surface area (Å²) in [5.74, 6) is 0. The van der Waals surface area contributed by atoms with Gasteiger partial charge in [0.2, 0.25) is 0 Å². The lowest BCUT2D eigenvalue weighted by atomic mass is 10.0. The Balaban J connectivity index is 1.81. The number of pyridine rings is 1. The van der Waals surface area contributed by atoms with Gasteiger partial charge in [-0.25, -0.2) is 0 Å². The van der Waals surface area contributed by atoms with Crippen LogP contribution in [0.2, 0.25) is 10.0 Å². The van der Waals surface area contributed by atoms with E-state index in [1.807, 2.05) is 42.6 Å². The highest BCUT2D eigenvalue weighted by Gasteiger charge is 2.41. The van der Waals surface area contributed by atoms with Crippen LogP contribution >= 0.6 is 35.4 Å². The van der Waals surface area contributed by atoms with Crippen molar-refractivity contribution in [2.75, 3.05) is 13.2 Å². The number of nitrogens with one attached hydrogen (secondary N) is 1. The van der Waals surface area contributed by atoms with Crippen molar-refractivity contribution in [1.82, 2.24) is 19.8 Å². The monoisotopic (exact) mass is 446 g/mol. The van der Waals surface area contributed by atoms with Crippen LogP contribution in [0.25, 0.3) is 5.69 Å². The molecule has 0 spiro atoms. The van der Waals surface area contributed by atoms with E-state index in [1.165, 1.54) is 0 Å². The lowest BCUT2D eigenvalue weighted by Crippen LogP contribution is -2.31. The Hall–Kier alpha value is -2.12. The number of thiocarbonyl (C=S) groups is 1. The van der Waals surface area contributed by atoms with Crippen LogP contribution in [-0.2, 0) is 0 Å². The van der Waals surface area contributed by atoms with Gasteiger partial charge in [0, 0.05) is 36.3 Å². The minimum atomic E-state index is -0.123. The molecule has 4 rings (SSSR count). The topological polar surface area (TPSA) is 53.3 Å². The van der Waals surface area contributed by atoms with Gasteiger partial charge in [-0.3, -0.25) is 4.98 Å². The Bertz CT molecular complexity index is 1010. The molecular weight excluding hydrogens is 427 g/mol. The second-order valence-electron chi connectivity index (χ2n) is 6.80. The molecule has 29 heavy (non-hydrogen) atoms. The molecule has 150 valence electrons. The Morgan fingerprint density at radius 1 is 1.14 bits per heavy atom. The highest BCUT2D eigenvalue weighted by atomic mass is 35.5. The van der Waals surface area contributed by atoms with Gasteiger partial charge in [-0.05, 0) is 61.1 Å². The van der Waals surface area contributed by atoms with Crippen LogP contribution in [-0.4, -0.2) is 37.8 Å². The Labute approximate surface area is 184 Å². The van der Waals surface area contributed by atoms with Crippen LogP contribution in [0.4, 0.5) is 0 Å². The van der Waals surface area contributed by atoms with Crippen molar-refractivity contribution in [2.45, 2.75) is 18.5 Å². The standard InChI is InChI=1S/C21H20Cl2N4OS/c22-14-7-8-17(15(23)13-14)26-10-3-6-18(26)20-19(16-5-1-2-9-24-16)25-21(29)27(20)11-4-12-28/h1-3,5-10,13,19-20,28H,4,11-12H2,(H,25,29)/t19-,20+/m0/s1. The van der Waals surface area contributed by atoms with E-state index >= 15 is 0 Å². The Kier molecular flexibility index (Phi) is 6.06. The van der Waals surface area contributed by atoms with Gasteiger partial charge < -0.3 is 19.9 Å². The van der Waals surface area contributed by atoms with Gasteiger partial charge in [-0.1, -0.05) is 29.3 Å². The lowest BCUT2D eigenvalue weighted by molar-refractivity contribution is 0.245. The molecule has 1 aromatic carbocycles. The summed E-state index contributed by atoms with van der Waals surface area (Å²) >= 11 is 18.2. The number of aromatic nitrogens is 2. The number of benzene rings is 1. The largest absolute Gasteiger partial charge is 0.396 e. The zero-order valence-corrected chi connectivity index (χ0v) is 17.8. The van der Waals surface area contributed by atoms with Crippen molar-refractivity contribution in [3.63, 3.8) is 0 Å². The van der Waals surface area contributed by atoms with Crippen LogP contribution in [0.3, 0.4) is 0 Å². The van der Waals surface area contributed by atoms with Crippen LogP contribution < -0.4 is 5.32 Å². The minimum absolute atomic E-state index is 0.101. The summed E-state index contributed by atoms with van der Waals surface area (Å²) in [6.07, 6.45) is 4.38. The highest BCUT2D eigenvalue weighted by Crippen LogP contribution is 2.40. The first-order valence-electron chi connectivity index (χ1n) is 9.31. The molecule has 1 fully saturated rings. The molecule has 8 heteroatoms. The van der Waals surface area contributed by atoms with E-state index in [1.54, 1.807) is 12.3 Å². The molecule has 2 atom stereocenters. The molecule has 3 aromatic rings. The highest BCUT2D eigenvalue weighted by molar-refractivity contribution is 7.80. The number of halogens is 2. The summed E-state index contributed by atoms with van der Waals surface area (Å²) in [5, 5.41) is 14.6. The van der Waals surface area contributed by atoms with E-state index in [9.17, 15) is 5.11 Å². The second-order valence-corrected chi connectivity index (χ2v) is 8.03. The zero-order chi connectivity index (χ0) is 20.4. The average Bonchev–Trinajstić information content (AvgIpc) is 3.31. The first-order chi connectivity index (χ1) is 14.1. The van der Waals surface area contributed by atoms with Crippen molar-refractivity contribution in [2.24, 2.45) is 0 Å². The minimum Gasteiger partial charge on any atom is -0.396 e. The third-order valence-electron chi connectivity index (χ3n) is 5.01. The van der Waals surface area contributed by atoms with Crippen molar-refractivity contribution in [3.05, 3.63) is 82.4 Å². The first kappa shape index (κ1) is 20.2. The SMILES string of the molecule is OCCCN1C(=S)N[C@@H](c2ccccn2)[C@H]1c1cccn1-c1ccc(Cl)cc1Cl. The summed E-state index contributed by atoms with van der Waals surface area (Å²) in [6.45, 7) is 0.736. The molecule has 1 aliphatic rings. The number of nitrogens with zero attached hydrogens (tertiary/aromatic N) is 3. The maximum Gasteiger partial charge on any atom is 0.170 e. The maximum absolute atomic E-state index is 9.37. The lowest BCUT2D eigenvalue weighted by Gasteiger charge is -2.29. The number of rotatable bonds is 6. The summed E-state index contributed by atoms with van der Waals surface area (Å²) in [6, 6.07) is 15.1. The summed E-state index contributed by atoms with van der Waals surface area (Å²) in [4.78, 5) is 6.66. The third kappa shape index (κ3) is 3.98. The maximum atomic E-state index is 9.37. The molecule has 1 aliphatic heterocycles. The fourth-order valence-electron chi connectivity index (χ4n) is 3.74. The molecule has 3 heterocycles. The van der Waals surface area contributed by atoms with Crippen LogP contribution in [0.15, 0.2) is 60.9 Å². The van der Waals surface area contributed by atoms with E-state index in [-0.39, 0.29) is 18.7 Å². The van der Waals surface area contributed by atoms with Gasteiger partial charge in [-0.15, -0.1) is 0 Å². The smallest absolute Gasteiger partial charge is 0.170 e. The van der Waals surface area contributed by atoms with E-state index in [0.29, 0.717) is 28.1 Å². The predicted molar refractivity (Wildman–Crippen MR) is 120 cm³/mol. The molecule has 2 aromatic heterocycles. The third-order valence-corrected chi connectivity index (χ3v) is 5.90. The summed E-state index contributed by atoms with van der Waals surface area (Å²) < 4.78 is 2.06. The van der Waals surface area contributed by atoms with Crippen LogP contribution in [0.5, 0.6) is 0 Å². The number of aliphatic hydroxyl groups is 1. The Morgan fingerprint density at radius 2 is 2.00 bits per heavy atom. The molecule has 2 N–H and O–H groups in total. The summed E-state index contributed by atoms with van der Waals surface area (Å²) in [5.41, 5.74) is 2.77. The second kappa shape index (κ2) is 8.71. The molecule has 0 unspecified atom stereocenters. The Morgan fingerprint density at radius 3 is 2.72 bits per heavy atom. The number of hydrogen-bond donors (Lipinski definition) is 2. The van der Waals surface area contributed by atoms with Gasteiger partial charge in [0.05, 0.1) is 28.5 Å². The van der Waals surface area contributed by atoms with Gasteiger partial charge in [0.1, 0.15) is 0 Å². The van der Waals surface area contributed by atoms with Crippen molar-refractivity contribution < 1.29 is 5.11 Å². The van der Waals surface area contributed by atoms with Gasteiger partial charge in [0.15, 0.2) is 5.11 Å². The predicted octanol–water partition coefficient (Wildman–Crippen LogP) is 4.53. The molecule has 0 saturated carbocycles. The van der Waals surface area contributed by atoms with E-state index < -0.39 is 0 Å². The fourth-order valence-corrected chi connectivity index (χ4v) is 4.57. The quantitative estimate of drug-likeness (QED) is 0.544. The van der Waals surface area contributed by atoms with Gasteiger partial charge in [-0.2, -0.15) is 0 Å². The molecule has 0 aliphatic carbocycles. The molecule has 0 amide bonds. The van der Waals surface area contributed by atoms with E-state index in [2.05, 4.69) is 25.8 Å². The van der Waals surface area contributed by atoms with E-state index in [4.69, 9.17) is 35.4 Å². The van der Waals surface area contributed by atoms with E-state index in [0.717, 1.165) is 17.1 Å². The summed E-state index contributed by atoms with van der Waals surface area (Å²) in [7, 11) is 0. The fraction of sp³-hybridized carbons (Fsp3) is 0.238. The van der Waals surface area contributed by atoms with Gasteiger partial charge >= 0.3 is 0 Å². The number of hydrogen-bond acceptors (Lipinski definition) is 3.